The van der Waals surface area contributed by atoms with Crippen LogP contribution in [0.15, 0.2) is 29.4 Å². The molecule has 0 saturated carbocycles. The molecule has 2 N–H and O–H groups in total. The van der Waals surface area contributed by atoms with E-state index in [2.05, 4.69) is 5.10 Å². The summed E-state index contributed by atoms with van der Waals surface area (Å²) >= 11 is 0. The number of carbonyl (C=O) groups is 2. The molecule has 0 unspecified atom stereocenters. The first-order valence-corrected chi connectivity index (χ1v) is 6.00. The number of rotatable bonds is 4. The standard InChI is InChI=1S/C13H15N3O3/c1-2-19-13(18)8-10-7-12(17)16(15-10)11-5-3-9(14)4-6-11/h3-6H,2,7-8,14H2,1H3. The highest BCUT2D eigenvalue weighted by atomic mass is 16.5. The van der Waals surface area contributed by atoms with Gasteiger partial charge in [-0.1, -0.05) is 0 Å². The van der Waals surface area contributed by atoms with E-state index in [1.807, 2.05) is 0 Å². The lowest BCUT2D eigenvalue weighted by Crippen LogP contribution is -2.19. The van der Waals surface area contributed by atoms with Gasteiger partial charge in [-0.2, -0.15) is 5.10 Å². The molecule has 0 spiro atoms. The van der Waals surface area contributed by atoms with Gasteiger partial charge in [-0.25, -0.2) is 5.01 Å². The average Bonchev–Trinajstić information content (AvgIpc) is 2.71. The maximum atomic E-state index is 11.8. The number of benzene rings is 1. The third kappa shape index (κ3) is 3.09. The predicted octanol–water partition coefficient (Wildman–Crippen LogP) is 1.31. The highest BCUT2D eigenvalue weighted by Crippen LogP contribution is 2.22. The first kappa shape index (κ1) is 13.1. The van der Waals surface area contributed by atoms with Crippen LogP contribution in [0.5, 0.6) is 0 Å². The molecular weight excluding hydrogens is 246 g/mol. The van der Waals surface area contributed by atoms with Crippen molar-refractivity contribution in [3.8, 4) is 0 Å². The van der Waals surface area contributed by atoms with Crippen molar-refractivity contribution in [1.29, 1.82) is 0 Å². The van der Waals surface area contributed by atoms with E-state index in [0.717, 1.165) is 0 Å². The molecule has 1 heterocycles. The molecule has 1 aliphatic heterocycles. The van der Waals surface area contributed by atoms with E-state index < -0.39 is 0 Å². The topological polar surface area (TPSA) is 85.0 Å². The molecule has 0 aliphatic carbocycles. The van der Waals surface area contributed by atoms with Crippen LogP contribution in [0.3, 0.4) is 0 Å². The zero-order chi connectivity index (χ0) is 13.8. The molecule has 1 aromatic carbocycles. The number of hydrazone groups is 1. The number of nitrogens with zero attached hydrogens (tertiary/aromatic N) is 2. The molecule has 0 radical (unpaired) electrons. The Balaban J connectivity index is 2.10. The lowest BCUT2D eigenvalue weighted by Gasteiger charge is -2.11. The average molecular weight is 261 g/mol. The van der Waals surface area contributed by atoms with Gasteiger partial charge in [-0.15, -0.1) is 0 Å². The summed E-state index contributed by atoms with van der Waals surface area (Å²) < 4.78 is 4.83. The second kappa shape index (κ2) is 5.51. The number of carbonyl (C=O) groups excluding carboxylic acids is 2. The van der Waals surface area contributed by atoms with Crippen molar-refractivity contribution in [3.05, 3.63) is 24.3 Å². The number of nitrogens with two attached hydrogens (primary N) is 1. The summed E-state index contributed by atoms with van der Waals surface area (Å²) in [6, 6.07) is 6.82. The largest absolute Gasteiger partial charge is 0.466 e. The molecule has 6 heteroatoms. The molecule has 100 valence electrons. The van der Waals surface area contributed by atoms with E-state index in [0.29, 0.717) is 23.7 Å². The molecule has 6 nitrogen and oxygen atoms in total. The molecule has 0 saturated heterocycles. The first-order chi connectivity index (χ1) is 9.10. The SMILES string of the molecule is CCOC(=O)CC1=NN(c2ccc(N)cc2)C(=O)C1. The summed E-state index contributed by atoms with van der Waals surface area (Å²) in [6.07, 6.45) is 0.189. The van der Waals surface area contributed by atoms with E-state index in [9.17, 15) is 9.59 Å². The summed E-state index contributed by atoms with van der Waals surface area (Å²) in [6.45, 7) is 2.06. The Hall–Kier alpha value is -2.37. The molecule has 2 rings (SSSR count). The van der Waals surface area contributed by atoms with Gasteiger partial charge in [-0.05, 0) is 31.2 Å². The summed E-state index contributed by atoms with van der Waals surface area (Å²) in [5.41, 5.74) is 7.35. The van der Waals surface area contributed by atoms with Gasteiger partial charge in [0.05, 0.1) is 30.8 Å². The van der Waals surface area contributed by atoms with Crippen molar-refractivity contribution in [2.45, 2.75) is 19.8 Å². The molecule has 1 aromatic rings. The fraction of sp³-hybridized carbons (Fsp3) is 0.308. The Bertz CT molecular complexity index is 522. The van der Waals surface area contributed by atoms with Crippen LogP contribution in [0, 0.1) is 0 Å². The number of anilines is 2. The quantitative estimate of drug-likeness (QED) is 0.654. The van der Waals surface area contributed by atoms with Crippen LogP contribution in [-0.4, -0.2) is 24.2 Å². The van der Waals surface area contributed by atoms with Crippen LogP contribution in [0.2, 0.25) is 0 Å². The van der Waals surface area contributed by atoms with E-state index in [4.69, 9.17) is 10.5 Å². The second-order valence-electron chi connectivity index (χ2n) is 4.12. The molecular formula is C13H15N3O3. The highest BCUT2D eigenvalue weighted by molar-refractivity contribution is 6.16. The molecule has 1 amide bonds. The minimum atomic E-state index is -0.367. The molecule has 19 heavy (non-hydrogen) atoms. The van der Waals surface area contributed by atoms with Crippen LogP contribution in [0.1, 0.15) is 19.8 Å². The minimum absolute atomic E-state index is 0.0467. The van der Waals surface area contributed by atoms with Crippen LogP contribution < -0.4 is 10.7 Å². The summed E-state index contributed by atoms with van der Waals surface area (Å²) in [4.78, 5) is 23.2. The number of ether oxygens (including phenoxy) is 1. The first-order valence-electron chi connectivity index (χ1n) is 6.00. The normalized spacial score (nSPS) is 14.5. The molecule has 0 bridgehead atoms. The second-order valence-corrected chi connectivity index (χ2v) is 4.12. The van der Waals surface area contributed by atoms with Gasteiger partial charge in [0.2, 0.25) is 0 Å². The summed E-state index contributed by atoms with van der Waals surface area (Å²) in [5.74, 6) is -0.530. The smallest absolute Gasteiger partial charge is 0.311 e. The van der Waals surface area contributed by atoms with Crippen molar-refractivity contribution in [2.24, 2.45) is 5.10 Å². The van der Waals surface area contributed by atoms with Gasteiger partial charge in [0.1, 0.15) is 0 Å². The zero-order valence-corrected chi connectivity index (χ0v) is 10.6. The number of nitrogen functional groups attached to an aromatic ring is 1. The highest BCUT2D eigenvalue weighted by Gasteiger charge is 2.26. The maximum Gasteiger partial charge on any atom is 0.311 e. The minimum Gasteiger partial charge on any atom is -0.466 e. The van der Waals surface area contributed by atoms with Gasteiger partial charge in [0, 0.05) is 5.69 Å². The zero-order valence-electron chi connectivity index (χ0n) is 10.6. The van der Waals surface area contributed by atoms with Crippen LogP contribution in [0.4, 0.5) is 11.4 Å². The molecule has 0 fully saturated rings. The van der Waals surface area contributed by atoms with E-state index in [-0.39, 0.29) is 24.7 Å². The maximum absolute atomic E-state index is 11.8. The van der Waals surface area contributed by atoms with Crippen molar-refractivity contribution in [3.63, 3.8) is 0 Å². The fourth-order valence-electron chi connectivity index (χ4n) is 1.78. The molecule has 0 atom stereocenters. The molecule has 0 aromatic heterocycles. The number of esters is 1. The Morgan fingerprint density at radius 1 is 1.42 bits per heavy atom. The van der Waals surface area contributed by atoms with Crippen molar-refractivity contribution in [2.75, 3.05) is 17.3 Å². The Morgan fingerprint density at radius 3 is 2.74 bits per heavy atom. The van der Waals surface area contributed by atoms with E-state index in [1.54, 1.807) is 31.2 Å². The third-order valence-corrected chi connectivity index (χ3v) is 2.62. The van der Waals surface area contributed by atoms with Gasteiger partial charge < -0.3 is 10.5 Å². The molecule has 1 aliphatic rings. The van der Waals surface area contributed by atoms with Crippen molar-refractivity contribution < 1.29 is 14.3 Å². The predicted molar refractivity (Wildman–Crippen MR) is 71.6 cm³/mol. The van der Waals surface area contributed by atoms with Crippen LogP contribution >= 0.6 is 0 Å². The lowest BCUT2D eigenvalue weighted by atomic mass is 10.2. The number of amides is 1. The number of hydrogen-bond donors (Lipinski definition) is 1. The van der Waals surface area contributed by atoms with Gasteiger partial charge >= 0.3 is 5.97 Å². The van der Waals surface area contributed by atoms with E-state index >= 15 is 0 Å². The summed E-state index contributed by atoms with van der Waals surface area (Å²) in [5, 5.41) is 5.44. The van der Waals surface area contributed by atoms with Gasteiger partial charge in [0.25, 0.3) is 5.91 Å². The van der Waals surface area contributed by atoms with Gasteiger partial charge in [0.15, 0.2) is 0 Å². The fourth-order valence-corrected chi connectivity index (χ4v) is 1.78. The Kier molecular flexibility index (Phi) is 3.79. The Labute approximate surface area is 110 Å². The van der Waals surface area contributed by atoms with Crippen LogP contribution in [0.25, 0.3) is 0 Å². The van der Waals surface area contributed by atoms with Crippen LogP contribution in [-0.2, 0) is 14.3 Å². The third-order valence-electron chi connectivity index (χ3n) is 2.62. The van der Waals surface area contributed by atoms with Gasteiger partial charge in [-0.3, -0.25) is 9.59 Å². The lowest BCUT2D eigenvalue weighted by molar-refractivity contribution is -0.141. The number of hydrogen-bond acceptors (Lipinski definition) is 5. The van der Waals surface area contributed by atoms with Crippen molar-refractivity contribution >= 4 is 29.0 Å². The van der Waals surface area contributed by atoms with E-state index in [1.165, 1.54) is 5.01 Å². The summed E-state index contributed by atoms with van der Waals surface area (Å²) in [7, 11) is 0. The monoisotopic (exact) mass is 261 g/mol. The Morgan fingerprint density at radius 2 is 2.11 bits per heavy atom. The van der Waals surface area contributed by atoms with Crippen molar-refractivity contribution in [1.82, 2.24) is 0 Å².